The molecule has 0 fully saturated rings. The SMILES string of the molecule is Cn1cc(-c2cc3nccc(Oc4ccc(CC(=O)c5c6c(cn(-c7ccc(F)cc7)c5=O)CCO6)cc4F)c3s2)cn1. The van der Waals surface area contributed by atoms with Gasteiger partial charge in [0, 0.05) is 66.2 Å². The number of thiophene rings is 1. The van der Waals surface area contributed by atoms with E-state index in [2.05, 4.69) is 10.1 Å². The number of hydrogen-bond acceptors (Lipinski definition) is 7. The second-order valence-electron chi connectivity index (χ2n) is 10.1. The highest BCUT2D eigenvalue weighted by atomic mass is 32.1. The molecule has 4 aromatic heterocycles. The van der Waals surface area contributed by atoms with Crippen LogP contribution in [0.15, 0.2) is 84.2 Å². The topological polar surface area (TPSA) is 88.2 Å². The van der Waals surface area contributed by atoms with Crippen LogP contribution in [0.1, 0.15) is 21.5 Å². The lowest BCUT2D eigenvalue weighted by molar-refractivity contribution is 0.0988. The molecule has 0 spiro atoms. The molecule has 1 aliphatic heterocycles. The third-order valence-corrected chi connectivity index (χ3v) is 8.37. The smallest absolute Gasteiger partial charge is 0.269 e. The minimum absolute atomic E-state index is 0.0115. The molecule has 2 aromatic carbocycles. The number of ether oxygens (including phenoxy) is 2. The van der Waals surface area contributed by atoms with Crippen LogP contribution in [0.25, 0.3) is 26.3 Å². The van der Waals surface area contributed by atoms with Crippen LogP contribution in [0.4, 0.5) is 8.78 Å². The fourth-order valence-corrected chi connectivity index (χ4v) is 6.15. The van der Waals surface area contributed by atoms with Crippen LogP contribution >= 0.6 is 11.3 Å². The quantitative estimate of drug-likeness (QED) is 0.202. The molecule has 5 heterocycles. The zero-order chi connectivity index (χ0) is 29.7. The van der Waals surface area contributed by atoms with E-state index in [9.17, 15) is 14.0 Å². The number of aromatic nitrogens is 4. The first-order chi connectivity index (χ1) is 20.8. The van der Waals surface area contributed by atoms with Crippen molar-refractivity contribution in [2.24, 2.45) is 7.05 Å². The van der Waals surface area contributed by atoms with E-state index < -0.39 is 23.0 Å². The first-order valence-corrected chi connectivity index (χ1v) is 14.2. The van der Waals surface area contributed by atoms with E-state index in [0.29, 0.717) is 41.1 Å². The van der Waals surface area contributed by atoms with Crippen LogP contribution in [-0.2, 0) is 19.9 Å². The van der Waals surface area contributed by atoms with Crippen molar-refractivity contribution in [1.29, 1.82) is 0 Å². The molecule has 0 unspecified atom stereocenters. The molecule has 7 rings (SSSR count). The fourth-order valence-electron chi connectivity index (χ4n) is 5.11. The van der Waals surface area contributed by atoms with E-state index in [4.69, 9.17) is 9.47 Å². The zero-order valence-corrected chi connectivity index (χ0v) is 23.5. The van der Waals surface area contributed by atoms with Gasteiger partial charge in [-0.2, -0.15) is 5.10 Å². The average molecular weight is 597 g/mol. The van der Waals surface area contributed by atoms with Crippen molar-refractivity contribution in [1.82, 2.24) is 19.3 Å². The maximum Gasteiger partial charge on any atom is 0.269 e. The third-order valence-electron chi connectivity index (χ3n) is 7.18. The maximum absolute atomic E-state index is 15.3. The van der Waals surface area contributed by atoms with E-state index >= 15 is 4.39 Å². The summed E-state index contributed by atoms with van der Waals surface area (Å²) in [4.78, 5) is 32.3. The number of Topliss-reactive ketones (excluding diaryl/α,β-unsaturated/α-hetero) is 1. The molecule has 0 saturated heterocycles. The number of halogens is 2. The normalized spacial score (nSPS) is 12.3. The summed E-state index contributed by atoms with van der Waals surface area (Å²) in [6.45, 7) is 0.333. The average Bonchev–Trinajstić information content (AvgIpc) is 3.74. The van der Waals surface area contributed by atoms with Gasteiger partial charge < -0.3 is 9.47 Å². The first kappa shape index (κ1) is 26.7. The number of aryl methyl sites for hydroxylation is 1. The third kappa shape index (κ3) is 4.97. The van der Waals surface area contributed by atoms with E-state index in [1.807, 2.05) is 19.3 Å². The first-order valence-electron chi connectivity index (χ1n) is 13.4. The number of nitrogens with zero attached hydrogens (tertiary/aromatic N) is 4. The van der Waals surface area contributed by atoms with Gasteiger partial charge in [-0.25, -0.2) is 8.78 Å². The van der Waals surface area contributed by atoms with Crippen LogP contribution < -0.4 is 15.0 Å². The van der Waals surface area contributed by atoms with Crippen molar-refractivity contribution < 1.29 is 23.0 Å². The highest BCUT2D eigenvalue weighted by Gasteiger charge is 2.27. The molecule has 0 atom stereocenters. The van der Waals surface area contributed by atoms with Crippen molar-refractivity contribution in [2.75, 3.05) is 6.61 Å². The van der Waals surface area contributed by atoms with Gasteiger partial charge in [-0.1, -0.05) is 6.07 Å². The summed E-state index contributed by atoms with van der Waals surface area (Å²) in [5, 5.41) is 4.22. The number of fused-ring (bicyclic) bond motifs is 2. The Hall–Kier alpha value is -5.16. The minimum Gasteiger partial charge on any atom is -0.492 e. The maximum atomic E-state index is 15.3. The Bertz CT molecular complexity index is 2100. The predicted molar refractivity (Wildman–Crippen MR) is 158 cm³/mol. The second-order valence-corrected chi connectivity index (χ2v) is 11.2. The lowest BCUT2D eigenvalue weighted by Gasteiger charge is -2.13. The second kappa shape index (κ2) is 10.6. The number of pyridine rings is 2. The lowest BCUT2D eigenvalue weighted by Crippen LogP contribution is -2.27. The number of benzene rings is 2. The van der Waals surface area contributed by atoms with Gasteiger partial charge in [-0.3, -0.25) is 23.8 Å². The molecule has 0 amide bonds. The Morgan fingerprint density at radius 3 is 2.67 bits per heavy atom. The molecule has 6 aromatic rings. The molecule has 11 heteroatoms. The Labute approximate surface area is 247 Å². The molecule has 0 bridgehead atoms. The van der Waals surface area contributed by atoms with Crippen LogP contribution in [0.2, 0.25) is 0 Å². The molecular formula is C32H22F2N4O4S. The summed E-state index contributed by atoms with van der Waals surface area (Å²) in [7, 11) is 1.84. The molecule has 0 saturated carbocycles. The number of hydrogen-bond donors (Lipinski definition) is 0. The van der Waals surface area contributed by atoms with Crippen molar-refractivity contribution in [2.45, 2.75) is 12.8 Å². The zero-order valence-electron chi connectivity index (χ0n) is 22.7. The summed E-state index contributed by atoms with van der Waals surface area (Å²) >= 11 is 1.47. The van der Waals surface area contributed by atoms with Crippen LogP contribution in [0.5, 0.6) is 17.2 Å². The molecule has 0 radical (unpaired) electrons. The monoisotopic (exact) mass is 596 g/mol. The highest BCUT2D eigenvalue weighted by Crippen LogP contribution is 2.39. The Morgan fingerprint density at radius 2 is 1.91 bits per heavy atom. The molecular weight excluding hydrogens is 574 g/mol. The Balaban J connectivity index is 1.16. The summed E-state index contributed by atoms with van der Waals surface area (Å²) in [5.74, 6) is -0.918. The van der Waals surface area contributed by atoms with Crippen LogP contribution in [0, 0.1) is 11.6 Å². The number of rotatable bonds is 7. The molecule has 0 aliphatic carbocycles. The minimum atomic E-state index is -0.655. The van der Waals surface area contributed by atoms with Crippen LogP contribution in [0.3, 0.4) is 0 Å². The predicted octanol–water partition coefficient (Wildman–Crippen LogP) is 6.28. The summed E-state index contributed by atoms with van der Waals surface area (Å²) < 4.78 is 44.2. The lowest BCUT2D eigenvalue weighted by atomic mass is 10.0. The van der Waals surface area contributed by atoms with Gasteiger partial charge in [-0.15, -0.1) is 11.3 Å². The number of carbonyl (C=O) groups excluding carboxylic acids is 1. The van der Waals surface area contributed by atoms with E-state index in [-0.39, 0.29) is 23.5 Å². The van der Waals surface area contributed by atoms with Crippen molar-refractivity contribution in [3.63, 3.8) is 0 Å². The Kier molecular flexibility index (Phi) is 6.58. The van der Waals surface area contributed by atoms with E-state index in [1.54, 1.807) is 35.4 Å². The number of carbonyl (C=O) groups is 1. The van der Waals surface area contributed by atoms with Gasteiger partial charge >= 0.3 is 0 Å². The van der Waals surface area contributed by atoms with Gasteiger partial charge in [0.25, 0.3) is 5.56 Å². The van der Waals surface area contributed by atoms with Gasteiger partial charge in [-0.05, 0) is 48.0 Å². The standard InChI is InChI=1S/C32H22F2N4O4S/c1-37-16-20(15-36-37)28-14-24-31(43-28)27(8-10-35-24)42-26-7-2-18(12-23(26)34)13-25(39)29-30-19(9-11-41-30)17-38(32(29)40)22-5-3-21(33)4-6-22/h2-8,10,12,14-17H,9,11,13H2,1H3. The van der Waals surface area contributed by atoms with Crippen molar-refractivity contribution >= 4 is 27.3 Å². The van der Waals surface area contributed by atoms with E-state index in [0.717, 1.165) is 15.1 Å². The van der Waals surface area contributed by atoms with Gasteiger partial charge in [0.05, 0.1) is 23.0 Å². The summed E-state index contributed by atoms with van der Waals surface area (Å²) in [6, 6.07) is 13.3. The Morgan fingerprint density at radius 1 is 1.07 bits per heavy atom. The molecule has 0 N–H and O–H groups in total. The summed E-state index contributed by atoms with van der Waals surface area (Å²) in [5.41, 5.74) is 2.45. The summed E-state index contributed by atoms with van der Waals surface area (Å²) in [6.07, 6.45) is 7.17. The van der Waals surface area contributed by atoms with E-state index in [1.165, 1.54) is 52.3 Å². The molecule has 214 valence electrons. The fraction of sp³-hybridized carbons (Fsp3) is 0.125. The largest absolute Gasteiger partial charge is 0.492 e. The van der Waals surface area contributed by atoms with Gasteiger partial charge in [0.2, 0.25) is 0 Å². The van der Waals surface area contributed by atoms with Crippen LogP contribution in [-0.4, -0.2) is 31.7 Å². The van der Waals surface area contributed by atoms with Crippen molar-refractivity contribution in [3.8, 4) is 33.4 Å². The number of ketones is 1. The van der Waals surface area contributed by atoms with Gasteiger partial charge in [0.1, 0.15) is 22.9 Å². The highest BCUT2D eigenvalue weighted by molar-refractivity contribution is 7.22. The molecule has 43 heavy (non-hydrogen) atoms. The van der Waals surface area contributed by atoms with Gasteiger partial charge in [0.15, 0.2) is 17.3 Å². The molecule has 1 aliphatic rings. The van der Waals surface area contributed by atoms with Crippen molar-refractivity contribution in [3.05, 3.63) is 118 Å². The molecule has 8 nitrogen and oxygen atoms in total.